The fourth-order valence-corrected chi connectivity index (χ4v) is 3.87. The highest BCUT2D eigenvalue weighted by molar-refractivity contribution is 6.00. The van der Waals surface area contributed by atoms with Crippen LogP contribution in [0.1, 0.15) is 35.8 Å². The first kappa shape index (κ1) is 17.0. The van der Waals surface area contributed by atoms with Crippen LogP contribution < -0.4 is 5.32 Å². The van der Waals surface area contributed by atoms with Gasteiger partial charge in [-0.2, -0.15) is 0 Å². The Labute approximate surface area is 149 Å². The molecule has 0 radical (unpaired) electrons. The largest absolute Gasteiger partial charge is 0.351 e. The van der Waals surface area contributed by atoms with Crippen LogP contribution >= 0.6 is 0 Å². The summed E-state index contributed by atoms with van der Waals surface area (Å²) >= 11 is 0. The topological polar surface area (TPSA) is 65.2 Å². The molecule has 2 aliphatic rings. The van der Waals surface area contributed by atoms with Crippen molar-refractivity contribution in [3.05, 3.63) is 35.5 Å². The maximum atomic E-state index is 13.5. The molecule has 0 unspecified atom stereocenters. The predicted octanol–water partition coefficient (Wildman–Crippen LogP) is 2.85. The van der Waals surface area contributed by atoms with Gasteiger partial charge in [0.2, 0.25) is 5.91 Å². The normalized spacial score (nSPS) is 24.8. The molecular formula is C19H21F2N3O2. The first-order valence-corrected chi connectivity index (χ1v) is 8.78. The Morgan fingerprint density at radius 2 is 2.04 bits per heavy atom. The fourth-order valence-electron chi connectivity index (χ4n) is 3.87. The van der Waals surface area contributed by atoms with Gasteiger partial charge in [-0.15, -0.1) is 0 Å². The third-order valence-corrected chi connectivity index (χ3v) is 5.62. The number of carbonyl (C=O) groups is 2. The summed E-state index contributed by atoms with van der Waals surface area (Å²) in [5, 5.41) is 3.59. The lowest BCUT2D eigenvalue weighted by Crippen LogP contribution is -2.46. The van der Waals surface area contributed by atoms with Crippen LogP contribution in [0.5, 0.6) is 0 Å². The average molecular weight is 361 g/mol. The molecule has 1 saturated carbocycles. The number of halogens is 2. The maximum Gasteiger partial charge on any atom is 0.268 e. The van der Waals surface area contributed by atoms with Crippen molar-refractivity contribution in [1.29, 1.82) is 0 Å². The monoisotopic (exact) mass is 361 g/mol. The Morgan fingerprint density at radius 1 is 1.31 bits per heavy atom. The number of aromatic amines is 1. The predicted molar refractivity (Wildman–Crippen MR) is 93.2 cm³/mol. The Hall–Kier alpha value is -2.44. The van der Waals surface area contributed by atoms with Crippen molar-refractivity contribution >= 4 is 22.7 Å². The van der Waals surface area contributed by atoms with E-state index in [2.05, 4.69) is 10.3 Å². The minimum absolute atomic E-state index is 0.0741. The van der Waals surface area contributed by atoms with Crippen molar-refractivity contribution in [2.45, 2.75) is 38.7 Å². The van der Waals surface area contributed by atoms with E-state index in [1.165, 1.54) is 4.90 Å². The molecule has 4 rings (SSSR count). The number of benzene rings is 1. The van der Waals surface area contributed by atoms with E-state index in [9.17, 15) is 18.4 Å². The summed E-state index contributed by atoms with van der Waals surface area (Å²) in [6, 6.07) is 6.79. The first-order valence-electron chi connectivity index (χ1n) is 8.78. The van der Waals surface area contributed by atoms with Gasteiger partial charge in [-0.25, -0.2) is 8.78 Å². The highest BCUT2D eigenvalue weighted by atomic mass is 19.3. The molecule has 2 atom stereocenters. The molecule has 1 aliphatic heterocycles. The van der Waals surface area contributed by atoms with Crippen LogP contribution in [0.15, 0.2) is 24.3 Å². The number of H-pyrrole nitrogens is 1. The van der Waals surface area contributed by atoms with E-state index in [-0.39, 0.29) is 24.8 Å². The molecule has 26 heavy (non-hydrogen) atoms. The number of aromatic nitrogens is 1. The molecular weight excluding hydrogens is 340 g/mol. The number of likely N-dealkylation sites (tertiary alicyclic amines) is 1. The summed E-state index contributed by atoms with van der Waals surface area (Å²) in [7, 11) is 0. The lowest BCUT2D eigenvalue weighted by atomic mass is 10.1. The maximum absolute atomic E-state index is 13.5. The number of alkyl halides is 2. The van der Waals surface area contributed by atoms with E-state index in [4.69, 9.17) is 0 Å². The molecule has 1 aromatic carbocycles. The molecule has 138 valence electrons. The molecule has 2 heterocycles. The van der Waals surface area contributed by atoms with Gasteiger partial charge in [-0.1, -0.05) is 11.6 Å². The van der Waals surface area contributed by atoms with Crippen molar-refractivity contribution in [3.8, 4) is 0 Å². The Kier molecular flexibility index (Phi) is 3.61. The molecule has 1 aliphatic carbocycles. The third kappa shape index (κ3) is 2.66. The second kappa shape index (κ2) is 5.53. The molecule has 5 nitrogen and oxygen atoms in total. The number of fused-ring (bicyclic) bond motifs is 1. The quantitative estimate of drug-likeness (QED) is 0.883. The van der Waals surface area contributed by atoms with Crippen molar-refractivity contribution in [2.75, 3.05) is 13.1 Å². The van der Waals surface area contributed by atoms with Gasteiger partial charge in [-0.3, -0.25) is 9.59 Å². The number of rotatable bonds is 3. The molecule has 2 aromatic rings. The zero-order valence-corrected chi connectivity index (χ0v) is 14.7. The van der Waals surface area contributed by atoms with Crippen LogP contribution in [0.3, 0.4) is 0 Å². The van der Waals surface area contributed by atoms with E-state index < -0.39 is 17.4 Å². The summed E-state index contributed by atoms with van der Waals surface area (Å²) in [5.41, 5.74) is 1.28. The van der Waals surface area contributed by atoms with Crippen LogP contribution in [0.4, 0.5) is 8.78 Å². The van der Waals surface area contributed by atoms with Crippen molar-refractivity contribution < 1.29 is 18.4 Å². The smallest absolute Gasteiger partial charge is 0.268 e. The summed E-state index contributed by atoms with van der Waals surface area (Å²) < 4.78 is 27.0. The standard InChI is InChI=1S/C19H21F2N3O2/c1-11-3-4-14-13(7-11)8-15(23-14)16(25)22-12(2)17(26)24-6-5-18(10-24)9-19(18,20)21/h3-4,7-8,12,23H,5-6,9-10H2,1-2H3,(H,22,25)/t12-,18-/m0/s1. The van der Waals surface area contributed by atoms with Crippen LogP contribution in [-0.4, -0.2) is 46.8 Å². The van der Waals surface area contributed by atoms with E-state index in [1.54, 1.807) is 13.0 Å². The van der Waals surface area contributed by atoms with E-state index in [0.29, 0.717) is 18.7 Å². The van der Waals surface area contributed by atoms with Gasteiger partial charge in [0.15, 0.2) is 0 Å². The highest BCUT2D eigenvalue weighted by Gasteiger charge is 2.73. The van der Waals surface area contributed by atoms with Gasteiger partial charge in [0.1, 0.15) is 11.7 Å². The van der Waals surface area contributed by atoms with Gasteiger partial charge in [0, 0.05) is 30.4 Å². The van der Waals surface area contributed by atoms with Gasteiger partial charge < -0.3 is 15.2 Å². The van der Waals surface area contributed by atoms with E-state index in [0.717, 1.165) is 16.5 Å². The number of nitrogens with zero attached hydrogens (tertiary/aromatic N) is 1. The molecule has 0 bridgehead atoms. The second-order valence-corrected chi connectivity index (χ2v) is 7.64. The molecule has 2 fully saturated rings. The number of aryl methyl sites for hydroxylation is 1. The summed E-state index contributed by atoms with van der Waals surface area (Å²) in [6.45, 7) is 3.95. The van der Waals surface area contributed by atoms with Gasteiger partial charge in [-0.05, 0) is 38.5 Å². The van der Waals surface area contributed by atoms with Crippen LogP contribution in [0, 0.1) is 12.3 Å². The van der Waals surface area contributed by atoms with Crippen LogP contribution in [0.2, 0.25) is 0 Å². The second-order valence-electron chi connectivity index (χ2n) is 7.64. The number of hydrogen-bond donors (Lipinski definition) is 2. The zero-order valence-electron chi connectivity index (χ0n) is 14.7. The van der Waals surface area contributed by atoms with Crippen molar-refractivity contribution in [1.82, 2.24) is 15.2 Å². The molecule has 2 amide bonds. The lowest BCUT2D eigenvalue weighted by molar-refractivity contribution is -0.132. The molecule has 7 heteroatoms. The van der Waals surface area contributed by atoms with E-state index >= 15 is 0 Å². The molecule has 1 aromatic heterocycles. The van der Waals surface area contributed by atoms with Crippen molar-refractivity contribution in [3.63, 3.8) is 0 Å². The first-order chi connectivity index (χ1) is 12.2. The highest BCUT2D eigenvalue weighted by Crippen LogP contribution is 2.65. The summed E-state index contributed by atoms with van der Waals surface area (Å²) in [5.74, 6) is -3.35. The summed E-state index contributed by atoms with van der Waals surface area (Å²) in [4.78, 5) is 29.4. The number of amides is 2. The molecule has 1 saturated heterocycles. The molecule has 2 N–H and O–H groups in total. The minimum atomic E-state index is -2.66. The van der Waals surface area contributed by atoms with Crippen LogP contribution in [-0.2, 0) is 4.79 Å². The zero-order chi connectivity index (χ0) is 18.7. The Bertz CT molecular complexity index is 907. The van der Waals surface area contributed by atoms with Crippen LogP contribution in [0.25, 0.3) is 10.9 Å². The summed E-state index contributed by atoms with van der Waals surface area (Å²) in [6.07, 6.45) is 0.187. The fraction of sp³-hybridized carbons (Fsp3) is 0.474. The third-order valence-electron chi connectivity index (χ3n) is 5.62. The van der Waals surface area contributed by atoms with Crippen molar-refractivity contribution in [2.24, 2.45) is 5.41 Å². The Morgan fingerprint density at radius 3 is 2.69 bits per heavy atom. The van der Waals surface area contributed by atoms with E-state index in [1.807, 2.05) is 25.1 Å². The average Bonchev–Trinajstić information content (AvgIpc) is 2.96. The van der Waals surface area contributed by atoms with Gasteiger partial charge in [0.05, 0.1) is 5.41 Å². The SMILES string of the molecule is Cc1ccc2[nH]c(C(=O)N[C@@H](C)C(=O)N3CC[C@@]4(C3)CC4(F)F)cc2c1. The minimum Gasteiger partial charge on any atom is -0.351 e. The van der Waals surface area contributed by atoms with Gasteiger partial charge in [0.25, 0.3) is 11.8 Å². The Balaban J connectivity index is 1.41. The number of carbonyl (C=O) groups excluding carboxylic acids is 2. The lowest BCUT2D eigenvalue weighted by Gasteiger charge is -2.21. The number of hydrogen-bond acceptors (Lipinski definition) is 2. The molecule has 1 spiro atoms. The number of nitrogens with one attached hydrogen (secondary N) is 2. The van der Waals surface area contributed by atoms with Gasteiger partial charge >= 0.3 is 0 Å².